The molecule has 1 atom stereocenters. The van der Waals surface area contributed by atoms with Crippen LogP contribution in [0.4, 0.5) is 0 Å². The molecule has 0 aliphatic heterocycles. The molecule has 0 N–H and O–H groups in total. The lowest BCUT2D eigenvalue weighted by Crippen LogP contribution is -2.52. The molecule has 0 fully saturated rings. The summed E-state index contributed by atoms with van der Waals surface area (Å²) >= 11 is 1.77. The van der Waals surface area contributed by atoms with Gasteiger partial charge in [0.05, 0.1) is 4.87 Å². The molecule has 0 radical (unpaired) electrons. The highest BCUT2D eigenvalue weighted by Crippen LogP contribution is 2.26. The zero-order valence-electron chi connectivity index (χ0n) is 9.41. The third kappa shape index (κ3) is 3.40. The van der Waals surface area contributed by atoms with Crippen LogP contribution in [0.3, 0.4) is 0 Å². The molecule has 0 amide bonds. The van der Waals surface area contributed by atoms with Crippen LogP contribution in [-0.4, -0.2) is 40.8 Å². The third-order valence-electron chi connectivity index (χ3n) is 2.03. The predicted molar refractivity (Wildman–Crippen MR) is 63.5 cm³/mol. The van der Waals surface area contributed by atoms with E-state index in [9.17, 15) is 0 Å². The Morgan fingerprint density at radius 1 is 1.29 bits per heavy atom. The smallest absolute Gasteiger partial charge is 0.376 e. The van der Waals surface area contributed by atoms with E-state index in [1.165, 1.54) is 0 Å². The van der Waals surface area contributed by atoms with E-state index in [2.05, 4.69) is 13.5 Å². The molecule has 0 saturated carbocycles. The van der Waals surface area contributed by atoms with Crippen LogP contribution < -0.4 is 0 Å². The minimum absolute atomic E-state index is 0.278. The molecule has 5 heteroatoms. The predicted octanol–water partition coefficient (Wildman–Crippen LogP) is 2.10. The molecular weight excluding hydrogens is 216 g/mol. The Labute approximate surface area is 92.2 Å². The van der Waals surface area contributed by atoms with Crippen molar-refractivity contribution in [2.24, 2.45) is 0 Å². The molecule has 84 valence electrons. The molecular formula is C9H20O3SSi. The first kappa shape index (κ1) is 14.2. The normalized spacial score (nSPS) is 14.0. The highest BCUT2D eigenvalue weighted by Gasteiger charge is 2.46. The number of rotatable bonds is 8. The Kier molecular flexibility index (Phi) is 7.57. The largest absolute Gasteiger partial charge is 0.513 e. The standard InChI is InChI=1S/C9H20O3SSi/c1-6-8-13-9(7-2)14(10-3,11-4)12-5/h6,9H,1,7-8H2,2-5H3. The maximum Gasteiger partial charge on any atom is 0.513 e. The van der Waals surface area contributed by atoms with Gasteiger partial charge < -0.3 is 13.3 Å². The van der Waals surface area contributed by atoms with Crippen molar-refractivity contribution in [1.82, 2.24) is 0 Å². The molecule has 0 saturated heterocycles. The fourth-order valence-corrected chi connectivity index (χ4v) is 5.66. The van der Waals surface area contributed by atoms with Gasteiger partial charge in [-0.25, -0.2) is 0 Å². The van der Waals surface area contributed by atoms with Gasteiger partial charge in [-0.3, -0.25) is 0 Å². The first-order chi connectivity index (χ1) is 6.70. The Balaban J connectivity index is 4.47. The molecule has 0 spiro atoms. The highest BCUT2D eigenvalue weighted by molar-refractivity contribution is 8.01. The van der Waals surface area contributed by atoms with Crippen molar-refractivity contribution in [2.75, 3.05) is 27.1 Å². The van der Waals surface area contributed by atoms with Gasteiger partial charge in [0.15, 0.2) is 0 Å². The number of hydrogen-bond donors (Lipinski definition) is 0. The zero-order valence-corrected chi connectivity index (χ0v) is 11.2. The molecule has 0 aromatic rings. The van der Waals surface area contributed by atoms with Gasteiger partial charge in [-0.2, -0.15) is 0 Å². The van der Waals surface area contributed by atoms with Crippen molar-refractivity contribution < 1.29 is 13.3 Å². The van der Waals surface area contributed by atoms with Crippen LogP contribution in [0.1, 0.15) is 13.3 Å². The first-order valence-electron chi connectivity index (χ1n) is 4.58. The second kappa shape index (κ2) is 7.47. The first-order valence-corrected chi connectivity index (χ1v) is 7.43. The molecule has 0 aliphatic carbocycles. The maximum absolute atomic E-state index is 5.43. The van der Waals surface area contributed by atoms with Crippen molar-refractivity contribution in [2.45, 2.75) is 18.2 Å². The van der Waals surface area contributed by atoms with Gasteiger partial charge in [0.25, 0.3) is 0 Å². The number of hydrogen-bond acceptors (Lipinski definition) is 4. The Morgan fingerprint density at radius 3 is 2.07 bits per heavy atom. The van der Waals surface area contributed by atoms with E-state index in [-0.39, 0.29) is 4.87 Å². The zero-order chi connectivity index (χ0) is 11.0. The summed E-state index contributed by atoms with van der Waals surface area (Å²) in [6, 6.07) is 0. The van der Waals surface area contributed by atoms with Crippen molar-refractivity contribution in [3.05, 3.63) is 12.7 Å². The quantitative estimate of drug-likeness (QED) is 0.476. The minimum Gasteiger partial charge on any atom is -0.376 e. The van der Waals surface area contributed by atoms with E-state index in [4.69, 9.17) is 13.3 Å². The number of thioether (sulfide) groups is 1. The van der Waals surface area contributed by atoms with Crippen molar-refractivity contribution >= 4 is 20.6 Å². The van der Waals surface area contributed by atoms with Crippen LogP contribution in [0.5, 0.6) is 0 Å². The average molecular weight is 236 g/mol. The van der Waals surface area contributed by atoms with E-state index < -0.39 is 8.80 Å². The maximum atomic E-state index is 5.43. The summed E-state index contributed by atoms with van der Waals surface area (Å²) in [4.78, 5) is 0.278. The summed E-state index contributed by atoms with van der Waals surface area (Å²) < 4.78 is 16.3. The highest BCUT2D eigenvalue weighted by atomic mass is 32.2. The van der Waals surface area contributed by atoms with Gasteiger partial charge in [0.2, 0.25) is 0 Å². The third-order valence-corrected chi connectivity index (χ3v) is 7.47. The molecule has 0 aromatic heterocycles. The lowest BCUT2D eigenvalue weighted by atomic mass is 10.6. The van der Waals surface area contributed by atoms with E-state index in [0.717, 1.165) is 12.2 Å². The fourth-order valence-electron chi connectivity index (χ4n) is 1.30. The lowest BCUT2D eigenvalue weighted by Gasteiger charge is -2.31. The van der Waals surface area contributed by atoms with Crippen LogP contribution in [0.15, 0.2) is 12.7 Å². The molecule has 1 unspecified atom stereocenters. The molecule has 3 nitrogen and oxygen atoms in total. The van der Waals surface area contributed by atoms with Crippen molar-refractivity contribution in [1.29, 1.82) is 0 Å². The summed E-state index contributed by atoms with van der Waals surface area (Å²) in [6.07, 6.45) is 2.85. The SMILES string of the molecule is C=CCSC(CC)[Si](OC)(OC)OC. The van der Waals surface area contributed by atoms with Gasteiger partial charge >= 0.3 is 8.80 Å². The monoisotopic (exact) mass is 236 g/mol. The van der Waals surface area contributed by atoms with Gasteiger partial charge in [-0.15, -0.1) is 18.3 Å². The molecule has 0 heterocycles. The molecule has 0 aromatic carbocycles. The second-order valence-corrected chi connectivity index (χ2v) is 7.52. The molecule has 0 bridgehead atoms. The van der Waals surface area contributed by atoms with Crippen LogP contribution in [0, 0.1) is 0 Å². The molecule has 0 rings (SSSR count). The summed E-state index contributed by atoms with van der Waals surface area (Å²) in [5.74, 6) is 0.892. The minimum atomic E-state index is -2.47. The Hall–Kier alpha value is 0.187. The topological polar surface area (TPSA) is 27.7 Å². The van der Waals surface area contributed by atoms with Crippen LogP contribution >= 0.6 is 11.8 Å². The van der Waals surface area contributed by atoms with Crippen molar-refractivity contribution in [3.63, 3.8) is 0 Å². The fraction of sp³-hybridized carbons (Fsp3) is 0.778. The van der Waals surface area contributed by atoms with E-state index in [1.807, 2.05) is 6.08 Å². The molecule has 0 aliphatic rings. The van der Waals surface area contributed by atoms with E-state index in [1.54, 1.807) is 33.1 Å². The van der Waals surface area contributed by atoms with E-state index >= 15 is 0 Å². The summed E-state index contributed by atoms with van der Waals surface area (Å²) in [7, 11) is 2.48. The van der Waals surface area contributed by atoms with Gasteiger partial charge in [-0.1, -0.05) is 13.0 Å². The van der Waals surface area contributed by atoms with Crippen LogP contribution in [-0.2, 0) is 13.3 Å². The average Bonchev–Trinajstić information content (AvgIpc) is 2.25. The van der Waals surface area contributed by atoms with E-state index in [0.29, 0.717) is 0 Å². The lowest BCUT2D eigenvalue weighted by molar-refractivity contribution is 0.121. The van der Waals surface area contributed by atoms with Crippen molar-refractivity contribution in [3.8, 4) is 0 Å². The van der Waals surface area contributed by atoms with Gasteiger partial charge in [0.1, 0.15) is 0 Å². The van der Waals surface area contributed by atoms with Crippen LogP contribution in [0.25, 0.3) is 0 Å². The summed E-state index contributed by atoms with van der Waals surface area (Å²) in [5, 5.41) is 0. The summed E-state index contributed by atoms with van der Waals surface area (Å²) in [6.45, 7) is 5.81. The van der Waals surface area contributed by atoms with Crippen LogP contribution in [0.2, 0.25) is 0 Å². The van der Waals surface area contributed by atoms with Gasteiger partial charge in [-0.05, 0) is 6.42 Å². The van der Waals surface area contributed by atoms with Gasteiger partial charge in [0, 0.05) is 27.1 Å². The molecule has 14 heavy (non-hydrogen) atoms. The Bertz CT molecular complexity index is 154. The second-order valence-electron chi connectivity index (χ2n) is 2.73. The Morgan fingerprint density at radius 2 is 1.79 bits per heavy atom. The summed E-state index contributed by atoms with van der Waals surface area (Å²) in [5.41, 5.74) is 0.